The normalized spacial score (nSPS) is 15.1. The van der Waals surface area contributed by atoms with Gasteiger partial charge in [-0.25, -0.2) is 26.3 Å². The number of nitrogens with zero attached hydrogens (tertiary/aromatic N) is 7. The van der Waals surface area contributed by atoms with E-state index in [4.69, 9.17) is 14.6 Å². The van der Waals surface area contributed by atoms with E-state index in [1.165, 1.54) is 41.7 Å². The van der Waals surface area contributed by atoms with Crippen molar-refractivity contribution >= 4 is 54.6 Å². The van der Waals surface area contributed by atoms with Crippen LogP contribution >= 0.6 is 22.7 Å². The fourth-order valence-electron chi connectivity index (χ4n) is 8.04. The molecule has 0 unspecified atom stereocenters. The topological polar surface area (TPSA) is 268 Å². The van der Waals surface area contributed by atoms with Crippen molar-refractivity contribution in [2.75, 3.05) is 25.6 Å². The summed E-state index contributed by atoms with van der Waals surface area (Å²) in [5.74, 6) is -2.38. The second-order valence-electron chi connectivity index (χ2n) is 17.2. The third kappa shape index (κ3) is 12.2. The number of aromatic nitrogens is 4. The Morgan fingerprint density at radius 1 is 0.686 bits per heavy atom. The largest absolute Gasteiger partial charge is 0.490 e. The minimum atomic E-state index is -3.95. The molecule has 364 valence electrons. The molecule has 0 bridgehead atoms. The standard InChI is InChI=1S/C25H27N5O4S2.C23H22N4O5S2/c1-15(2)34-22-11-8-16(12-17(22)13-26)24-27-28-25(35-24)20-7-5-6-19-18(20)9-10-21(19)29-36(32,33)14-23(31)30(3)4;1-13(2)32-20-9-6-14(10-15(20)11-24)22-25-26-23(33-22)18-5-3-4-17-16(18)7-8-19(17)27-34(30,31)12-21(28)29/h5-8,11-12,15,21,29H,9-10,14H2,1-4H3;3-6,9-10,13,19,27H,7-8,12H2,1-2H3,(H,28,29)/t21-;19-/m11/s1. The maximum atomic E-state index is 12.6. The number of ether oxygens (including phenoxy) is 2. The summed E-state index contributed by atoms with van der Waals surface area (Å²) < 4.78 is 65.9. The number of benzene rings is 4. The quantitative estimate of drug-likeness (QED) is 0.0877. The first-order chi connectivity index (χ1) is 33.2. The fraction of sp³-hybridized carbons (Fsp3) is 0.333. The van der Waals surface area contributed by atoms with Crippen molar-refractivity contribution < 1.29 is 41.0 Å². The Morgan fingerprint density at radius 3 is 1.49 bits per heavy atom. The maximum absolute atomic E-state index is 12.6. The summed E-state index contributed by atoms with van der Waals surface area (Å²) in [5, 5.41) is 48.0. The number of carboxylic acids is 1. The van der Waals surface area contributed by atoms with E-state index in [9.17, 15) is 36.9 Å². The van der Waals surface area contributed by atoms with Crippen molar-refractivity contribution in [3.63, 3.8) is 0 Å². The molecular weight excluding hydrogens is 975 g/mol. The predicted octanol–water partition coefficient (Wildman–Crippen LogP) is 7.05. The van der Waals surface area contributed by atoms with Crippen molar-refractivity contribution in [3.05, 3.63) is 106 Å². The van der Waals surface area contributed by atoms with E-state index in [1.807, 2.05) is 76.2 Å². The van der Waals surface area contributed by atoms with E-state index in [2.05, 4.69) is 42.0 Å². The van der Waals surface area contributed by atoms with E-state index >= 15 is 0 Å². The number of hydrogen-bond donors (Lipinski definition) is 3. The minimum Gasteiger partial charge on any atom is -0.490 e. The van der Waals surface area contributed by atoms with Gasteiger partial charge in [0.15, 0.2) is 5.75 Å². The van der Waals surface area contributed by atoms with Crippen LogP contribution in [0.5, 0.6) is 11.5 Å². The number of nitriles is 2. The lowest BCUT2D eigenvalue weighted by Gasteiger charge is -2.16. The van der Waals surface area contributed by atoms with Crippen molar-refractivity contribution in [2.24, 2.45) is 0 Å². The van der Waals surface area contributed by atoms with Gasteiger partial charge >= 0.3 is 5.97 Å². The zero-order valence-corrected chi connectivity index (χ0v) is 42.2. The molecule has 0 aliphatic heterocycles. The van der Waals surface area contributed by atoms with Crippen LogP contribution in [0.4, 0.5) is 0 Å². The average molecular weight is 1020 g/mol. The summed E-state index contributed by atoms with van der Waals surface area (Å²) in [7, 11) is -4.67. The monoisotopic (exact) mass is 1020 g/mol. The minimum absolute atomic E-state index is 0.0435. The Kier molecular flexibility index (Phi) is 15.8. The SMILES string of the molecule is CC(C)Oc1ccc(-c2nnc(-c3cccc4c3CC[C@H]4NS(=O)(=O)CC(=O)N(C)C)s2)cc1C#N.CC(C)Oc1ccc(-c2nnc(-c3cccc4c3CC[C@H]4NS(=O)(=O)CC(=O)O)s2)cc1C#N. The zero-order valence-electron chi connectivity index (χ0n) is 39.0. The number of aliphatic carboxylic acids is 1. The zero-order chi connectivity index (χ0) is 50.5. The van der Waals surface area contributed by atoms with E-state index in [0.717, 1.165) is 44.5 Å². The molecule has 22 heteroatoms. The second kappa shape index (κ2) is 21.5. The highest BCUT2D eigenvalue weighted by Crippen LogP contribution is 2.42. The maximum Gasteiger partial charge on any atom is 0.320 e. The molecule has 70 heavy (non-hydrogen) atoms. The summed E-state index contributed by atoms with van der Waals surface area (Å²) in [6.45, 7) is 7.60. The van der Waals surface area contributed by atoms with Gasteiger partial charge in [-0.2, -0.15) is 10.5 Å². The van der Waals surface area contributed by atoms with Crippen molar-refractivity contribution in [2.45, 2.75) is 77.7 Å². The summed E-state index contributed by atoms with van der Waals surface area (Å²) in [5.41, 5.74) is 7.82. The third-order valence-electron chi connectivity index (χ3n) is 11.0. The molecule has 0 saturated carbocycles. The van der Waals surface area contributed by atoms with E-state index in [1.54, 1.807) is 24.3 Å². The lowest BCUT2D eigenvalue weighted by Crippen LogP contribution is -2.37. The predicted molar refractivity (Wildman–Crippen MR) is 265 cm³/mol. The van der Waals surface area contributed by atoms with Gasteiger partial charge in [0.2, 0.25) is 26.0 Å². The van der Waals surface area contributed by atoms with Gasteiger partial charge in [-0.3, -0.25) is 9.59 Å². The summed E-state index contributed by atoms with van der Waals surface area (Å²) >= 11 is 2.79. The van der Waals surface area contributed by atoms with Gasteiger partial charge in [0.25, 0.3) is 0 Å². The van der Waals surface area contributed by atoms with Crippen molar-refractivity contribution in [3.8, 4) is 65.9 Å². The Morgan fingerprint density at radius 2 is 1.10 bits per heavy atom. The number of sulfonamides is 2. The van der Waals surface area contributed by atoms with E-state index in [0.29, 0.717) is 68.3 Å². The number of fused-ring (bicyclic) bond motifs is 2. The summed E-state index contributed by atoms with van der Waals surface area (Å²) in [6, 6.07) is 25.5. The smallest absolute Gasteiger partial charge is 0.320 e. The Labute approximate surface area is 414 Å². The molecule has 2 aliphatic carbocycles. The molecule has 8 rings (SSSR count). The molecule has 3 N–H and O–H groups in total. The molecule has 2 aliphatic rings. The molecule has 0 radical (unpaired) electrons. The lowest BCUT2D eigenvalue weighted by atomic mass is 10.0. The number of carboxylic acid groups (broad SMARTS) is 1. The highest BCUT2D eigenvalue weighted by atomic mass is 32.2. The molecule has 2 aromatic heterocycles. The number of nitrogens with one attached hydrogen (secondary N) is 2. The van der Waals surface area contributed by atoms with Crippen LogP contribution in [0.3, 0.4) is 0 Å². The highest BCUT2D eigenvalue weighted by molar-refractivity contribution is 7.90. The Bertz CT molecular complexity index is 3270. The Hall–Kier alpha value is -6.66. The molecule has 0 saturated heterocycles. The van der Waals surface area contributed by atoms with Crippen LogP contribution in [0.2, 0.25) is 0 Å². The van der Waals surface area contributed by atoms with E-state index < -0.39 is 55.5 Å². The third-order valence-corrected chi connectivity index (χ3v) is 15.6. The molecule has 18 nitrogen and oxygen atoms in total. The van der Waals surface area contributed by atoms with Crippen LogP contribution < -0.4 is 18.9 Å². The lowest BCUT2D eigenvalue weighted by molar-refractivity contribution is -0.134. The number of amides is 1. The van der Waals surface area contributed by atoms with Gasteiger partial charge in [0.1, 0.15) is 49.4 Å². The second-order valence-corrected chi connectivity index (χ2v) is 22.6. The van der Waals surface area contributed by atoms with Crippen LogP contribution in [0.25, 0.3) is 42.3 Å². The molecule has 4 aromatic carbocycles. The van der Waals surface area contributed by atoms with Gasteiger partial charge in [-0.15, -0.1) is 20.4 Å². The van der Waals surface area contributed by atoms with Crippen LogP contribution in [-0.4, -0.2) is 96.9 Å². The number of carbonyl (C=O) groups is 2. The first kappa shape index (κ1) is 51.2. The molecule has 2 atom stereocenters. The van der Waals surface area contributed by atoms with Gasteiger partial charge in [0.05, 0.1) is 23.3 Å². The molecule has 2 heterocycles. The van der Waals surface area contributed by atoms with Gasteiger partial charge < -0.3 is 19.5 Å². The average Bonchev–Trinajstić information content (AvgIpc) is 4.14. The first-order valence-electron chi connectivity index (χ1n) is 22.0. The van der Waals surface area contributed by atoms with Gasteiger partial charge in [-0.1, -0.05) is 59.1 Å². The molecule has 1 amide bonds. The van der Waals surface area contributed by atoms with Gasteiger partial charge in [-0.05, 0) is 112 Å². The van der Waals surface area contributed by atoms with Crippen molar-refractivity contribution in [1.82, 2.24) is 34.7 Å². The number of rotatable bonds is 16. The molecule has 0 spiro atoms. The summed E-state index contributed by atoms with van der Waals surface area (Å²) in [6.07, 6.45) is 2.33. The van der Waals surface area contributed by atoms with Gasteiger partial charge in [0, 0.05) is 48.4 Å². The number of hydrogen-bond acceptors (Lipinski definition) is 16. The van der Waals surface area contributed by atoms with Crippen molar-refractivity contribution in [1.29, 1.82) is 10.5 Å². The van der Waals surface area contributed by atoms with Crippen LogP contribution in [0.1, 0.15) is 86.0 Å². The first-order valence-corrected chi connectivity index (χ1v) is 26.9. The number of carbonyl (C=O) groups excluding carboxylic acids is 1. The summed E-state index contributed by atoms with van der Waals surface area (Å²) in [4.78, 5) is 24.0. The highest BCUT2D eigenvalue weighted by Gasteiger charge is 2.32. The van der Waals surface area contributed by atoms with Crippen LogP contribution in [0, 0.1) is 22.7 Å². The Balaban J connectivity index is 0.000000207. The van der Waals surface area contributed by atoms with Crippen LogP contribution in [0.15, 0.2) is 72.8 Å². The molecular formula is C48H49N9O9S4. The fourth-order valence-corrected chi connectivity index (χ4v) is 12.3. The molecule has 0 fully saturated rings. The van der Waals surface area contributed by atoms with Crippen LogP contribution in [-0.2, 0) is 42.5 Å². The van der Waals surface area contributed by atoms with E-state index in [-0.39, 0.29) is 12.2 Å². The molecule has 6 aromatic rings.